The number of hydrogen-bond donors (Lipinski definition) is 3. The first-order valence-electron chi connectivity index (χ1n) is 9.04. The number of aliphatic hydroxyl groups excluding tert-OH is 1. The summed E-state index contributed by atoms with van der Waals surface area (Å²) in [6.07, 6.45) is 0.437. The Morgan fingerprint density at radius 3 is 2.52 bits per heavy atom. The molecule has 0 saturated carbocycles. The van der Waals surface area contributed by atoms with E-state index in [9.17, 15) is 18.3 Å². The number of carbonyl (C=O) groups is 1. The second-order valence-corrected chi connectivity index (χ2v) is 8.24. The molecule has 0 spiro atoms. The Hall–Kier alpha value is -2.94. The summed E-state index contributed by atoms with van der Waals surface area (Å²) in [5.74, 6) is -0.163. The molecule has 0 radical (unpaired) electrons. The van der Waals surface area contributed by atoms with Gasteiger partial charge in [-0.15, -0.1) is 0 Å². The van der Waals surface area contributed by atoms with Crippen LogP contribution in [-0.2, 0) is 10.0 Å². The van der Waals surface area contributed by atoms with Gasteiger partial charge in [-0.3, -0.25) is 4.79 Å². The lowest BCUT2D eigenvalue weighted by Gasteiger charge is -2.15. The topological polar surface area (TPSA) is 109 Å². The molecule has 0 saturated heterocycles. The van der Waals surface area contributed by atoms with E-state index < -0.39 is 28.1 Å². The molecule has 152 valence electrons. The molecule has 1 aromatic heterocycles. The molecule has 0 aliphatic carbocycles. The third kappa shape index (κ3) is 5.32. The number of sulfonamides is 1. The Morgan fingerprint density at radius 2 is 1.83 bits per heavy atom. The van der Waals surface area contributed by atoms with Crippen molar-refractivity contribution in [2.75, 3.05) is 6.54 Å². The summed E-state index contributed by atoms with van der Waals surface area (Å²) in [7, 11) is -3.82. The summed E-state index contributed by atoms with van der Waals surface area (Å²) in [4.78, 5) is 12.4. The molecule has 3 aromatic rings. The second kappa shape index (κ2) is 9.04. The van der Waals surface area contributed by atoms with E-state index in [1.807, 2.05) is 30.3 Å². The quantitative estimate of drug-likeness (QED) is 0.525. The number of benzene rings is 2. The van der Waals surface area contributed by atoms with E-state index in [4.69, 9.17) is 4.42 Å². The van der Waals surface area contributed by atoms with Crippen molar-refractivity contribution in [3.8, 4) is 0 Å². The van der Waals surface area contributed by atoms with Gasteiger partial charge in [0.05, 0.1) is 17.7 Å². The molecular formula is C21H22N2O5S. The fourth-order valence-corrected chi connectivity index (χ4v) is 4.07. The molecule has 0 aliphatic rings. The average molecular weight is 414 g/mol. The van der Waals surface area contributed by atoms with Crippen molar-refractivity contribution in [2.24, 2.45) is 0 Å². The lowest BCUT2D eigenvalue weighted by atomic mass is 10.1. The van der Waals surface area contributed by atoms with Crippen molar-refractivity contribution >= 4 is 15.9 Å². The zero-order valence-corrected chi connectivity index (χ0v) is 16.6. The third-order valence-corrected chi connectivity index (χ3v) is 5.90. The minimum atomic E-state index is -3.82. The molecule has 0 aliphatic heterocycles. The Balaban J connectivity index is 1.68. The first-order chi connectivity index (χ1) is 13.9. The molecule has 0 fully saturated rings. The molecule has 2 aromatic carbocycles. The fraction of sp³-hybridized carbons (Fsp3) is 0.190. The van der Waals surface area contributed by atoms with Crippen molar-refractivity contribution in [1.82, 2.24) is 10.0 Å². The van der Waals surface area contributed by atoms with E-state index in [1.165, 1.54) is 30.5 Å². The van der Waals surface area contributed by atoms with Crippen LogP contribution in [-0.4, -0.2) is 26.0 Å². The molecule has 1 heterocycles. The Bertz CT molecular complexity index is 1050. The average Bonchev–Trinajstić information content (AvgIpc) is 3.27. The van der Waals surface area contributed by atoms with Gasteiger partial charge in [-0.1, -0.05) is 36.4 Å². The maximum atomic E-state index is 12.7. The molecule has 2 unspecified atom stereocenters. The van der Waals surface area contributed by atoms with Gasteiger partial charge in [-0.25, -0.2) is 13.1 Å². The van der Waals surface area contributed by atoms with Crippen LogP contribution in [0.5, 0.6) is 0 Å². The van der Waals surface area contributed by atoms with Gasteiger partial charge in [-0.05, 0) is 42.8 Å². The van der Waals surface area contributed by atoms with Crippen LogP contribution in [0, 0.1) is 0 Å². The summed E-state index contributed by atoms with van der Waals surface area (Å²) in [6.45, 7) is 1.69. The van der Waals surface area contributed by atoms with Gasteiger partial charge in [0.25, 0.3) is 5.91 Å². The first-order valence-corrected chi connectivity index (χ1v) is 10.5. The molecule has 2 atom stereocenters. The summed E-state index contributed by atoms with van der Waals surface area (Å²) in [6, 6.07) is 17.7. The maximum Gasteiger partial charge on any atom is 0.251 e. The summed E-state index contributed by atoms with van der Waals surface area (Å²) >= 11 is 0. The highest BCUT2D eigenvalue weighted by atomic mass is 32.2. The van der Waals surface area contributed by atoms with Crippen LogP contribution in [0.2, 0.25) is 0 Å². The first kappa shape index (κ1) is 20.8. The maximum absolute atomic E-state index is 12.7. The highest BCUT2D eigenvalue weighted by molar-refractivity contribution is 7.89. The fourth-order valence-electron chi connectivity index (χ4n) is 2.79. The molecule has 7 nitrogen and oxygen atoms in total. The molecule has 0 bridgehead atoms. The standard InChI is InChI=1S/C21H22N2O5S/c1-15(16-7-3-2-4-8-16)23-29(26,27)18-10-5-9-17(13-18)21(25)22-14-19(24)20-11-6-12-28-20/h2-13,15,19,23-24H,14H2,1H3,(H,22,25). The van der Waals surface area contributed by atoms with Gasteiger partial charge in [0.1, 0.15) is 11.9 Å². The van der Waals surface area contributed by atoms with Gasteiger partial charge in [-0.2, -0.15) is 0 Å². The monoisotopic (exact) mass is 414 g/mol. The van der Waals surface area contributed by atoms with Crippen LogP contribution in [0.4, 0.5) is 0 Å². The number of rotatable bonds is 8. The zero-order chi connectivity index (χ0) is 20.9. The van der Waals surface area contributed by atoms with E-state index in [0.29, 0.717) is 5.76 Å². The van der Waals surface area contributed by atoms with E-state index >= 15 is 0 Å². The van der Waals surface area contributed by atoms with E-state index in [2.05, 4.69) is 10.0 Å². The van der Waals surface area contributed by atoms with Crippen molar-refractivity contribution in [2.45, 2.75) is 24.0 Å². The van der Waals surface area contributed by atoms with Gasteiger partial charge in [0.15, 0.2) is 0 Å². The van der Waals surface area contributed by atoms with Crippen molar-refractivity contribution in [1.29, 1.82) is 0 Å². The van der Waals surface area contributed by atoms with E-state index in [0.717, 1.165) is 5.56 Å². The summed E-state index contributed by atoms with van der Waals surface area (Å²) in [5, 5.41) is 12.6. The van der Waals surface area contributed by atoms with Gasteiger partial charge < -0.3 is 14.8 Å². The SMILES string of the molecule is CC(NS(=O)(=O)c1cccc(C(=O)NCC(O)c2ccco2)c1)c1ccccc1. The van der Waals surface area contributed by atoms with Gasteiger partial charge >= 0.3 is 0 Å². The van der Waals surface area contributed by atoms with Crippen molar-refractivity contribution in [3.05, 3.63) is 89.9 Å². The van der Waals surface area contributed by atoms with Crippen LogP contribution in [0.3, 0.4) is 0 Å². The highest BCUT2D eigenvalue weighted by Crippen LogP contribution is 2.18. The molecular weight excluding hydrogens is 392 g/mol. The number of nitrogens with one attached hydrogen (secondary N) is 2. The number of furan rings is 1. The lowest BCUT2D eigenvalue weighted by Crippen LogP contribution is -2.29. The smallest absolute Gasteiger partial charge is 0.251 e. The molecule has 3 N–H and O–H groups in total. The normalized spacial score (nSPS) is 13.6. The molecule has 8 heteroatoms. The number of aliphatic hydroxyl groups is 1. The second-order valence-electron chi connectivity index (χ2n) is 6.52. The highest BCUT2D eigenvalue weighted by Gasteiger charge is 2.20. The number of amides is 1. The molecule has 1 amide bonds. The minimum Gasteiger partial charge on any atom is -0.467 e. The van der Waals surface area contributed by atoms with Crippen LogP contribution < -0.4 is 10.0 Å². The van der Waals surface area contributed by atoms with Gasteiger partial charge in [0, 0.05) is 11.6 Å². The Labute approximate surface area is 169 Å². The largest absolute Gasteiger partial charge is 0.467 e. The van der Waals surface area contributed by atoms with Gasteiger partial charge in [0.2, 0.25) is 10.0 Å². The molecule has 29 heavy (non-hydrogen) atoms. The minimum absolute atomic E-state index is 0.0143. The van der Waals surface area contributed by atoms with E-state index in [1.54, 1.807) is 19.1 Å². The zero-order valence-electron chi connectivity index (χ0n) is 15.8. The van der Waals surface area contributed by atoms with E-state index in [-0.39, 0.29) is 17.0 Å². The molecule has 3 rings (SSSR count). The number of carbonyl (C=O) groups excluding carboxylic acids is 1. The summed E-state index contributed by atoms with van der Waals surface area (Å²) in [5.41, 5.74) is 1.00. The number of hydrogen-bond acceptors (Lipinski definition) is 5. The predicted molar refractivity (Wildman–Crippen MR) is 108 cm³/mol. The third-order valence-electron chi connectivity index (χ3n) is 4.37. The predicted octanol–water partition coefficient (Wildman–Crippen LogP) is 2.78. The van der Waals surface area contributed by atoms with Crippen molar-refractivity contribution in [3.63, 3.8) is 0 Å². The van der Waals surface area contributed by atoms with Crippen molar-refractivity contribution < 1.29 is 22.7 Å². The van der Waals surface area contributed by atoms with Crippen LogP contribution in [0.15, 0.2) is 82.3 Å². The Morgan fingerprint density at radius 1 is 1.07 bits per heavy atom. The van der Waals surface area contributed by atoms with Crippen LogP contribution in [0.1, 0.15) is 40.8 Å². The summed E-state index contributed by atoms with van der Waals surface area (Å²) < 4.78 is 33.1. The van der Waals surface area contributed by atoms with Crippen LogP contribution >= 0.6 is 0 Å². The van der Waals surface area contributed by atoms with Crippen LogP contribution in [0.25, 0.3) is 0 Å². The Kier molecular flexibility index (Phi) is 6.48. The lowest BCUT2D eigenvalue weighted by molar-refractivity contribution is 0.0901.